The molecule has 1 aliphatic rings. The van der Waals surface area contributed by atoms with Crippen molar-refractivity contribution in [1.29, 1.82) is 0 Å². The van der Waals surface area contributed by atoms with E-state index >= 15 is 0 Å². The second-order valence-corrected chi connectivity index (χ2v) is 5.45. The molecule has 1 aromatic carbocycles. The van der Waals surface area contributed by atoms with E-state index in [4.69, 9.17) is 4.74 Å². The van der Waals surface area contributed by atoms with Crippen LogP contribution >= 0.6 is 0 Å². The van der Waals surface area contributed by atoms with Gasteiger partial charge in [-0.05, 0) is 44.2 Å². The number of hydrogen-bond acceptors (Lipinski definition) is 2. The number of hydrogen-bond donors (Lipinski definition) is 1. The highest BCUT2D eigenvalue weighted by Crippen LogP contribution is 2.19. The van der Waals surface area contributed by atoms with Gasteiger partial charge in [0.2, 0.25) is 0 Å². The van der Waals surface area contributed by atoms with Crippen LogP contribution in [0.15, 0.2) is 30.3 Å². The molecule has 100 valence electrons. The molecule has 3 unspecified atom stereocenters. The Kier molecular flexibility index (Phi) is 5.21. The molecule has 1 N–H and O–H groups in total. The summed E-state index contributed by atoms with van der Waals surface area (Å²) in [6.07, 6.45) is 4.51. The first-order valence-corrected chi connectivity index (χ1v) is 7.17. The molecule has 0 radical (unpaired) electrons. The summed E-state index contributed by atoms with van der Waals surface area (Å²) in [5.41, 5.74) is 1.44. The molecule has 1 aromatic rings. The van der Waals surface area contributed by atoms with Gasteiger partial charge < -0.3 is 10.1 Å². The summed E-state index contributed by atoms with van der Waals surface area (Å²) in [5, 5.41) is 3.52. The van der Waals surface area contributed by atoms with Crippen molar-refractivity contribution in [2.24, 2.45) is 0 Å². The van der Waals surface area contributed by atoms with E-state index in [0.717, 1.165) is 13.1 Å². The molecule has 1 aliphatic heterocycles. The van der Waals surface area contributed by atoms with Gasteiger partial charge in [0.25, 0.3) is 0 Å². The third-order valence-corrected chi connectivity index (χ3v) is 3.81. The van der Waals surface area contributed by atoms with E-state index in [1.54, 1.807) is 0 Å². The molecular formula is C16H25NO. The van der Waals surface area contributed by atoms with Crippen LogP contribution in [0.5, 0.6) is 0 Å². The van der Waals surface area contributed by atoms with Gasteiger partial charge in [0, 0.05) is 6.54 Å². The minimum atomic E-state index is 0.437. The van der Waals surface area contributed by atoms with Gasteiger partial charge in [0.05, 0.1) is 12.2 Å². The van der Waals surface area contributed by atoms with Gasteiger partial charge in [-0.1, -0.05) is 37.3 Å². The van der Waals surface area contributed by atoms with Crippen LogP contribution in [0.25, 0.3) is 0 Å². The van der Waals surface area contributed by atoms with E-state index in [9.17, 15) is 0 Å². The van der Waals surface area contributed by atoms with Crippen molar-refractivity contribution in [1.82, 2.24) is 5.32 Å². The summed E-state index contributed by atoms with van der Waals surface area (Å²) in [7, 11) is 0. The average molecular weight is 247 g/mol. The highest BCUT2D eigenvalue weighted by atomic mass is 16.5. The number of benzene rings is 1. The molecule has 0 bridgehead atoms. The molecule has 0 spiro atoms. The zero-order valence-corrected chi connectivity index (χ0v) is 11.6. The number of nitrogens with one attached hydrogen (secondary N) is 1. The van der Waals surface area contributed by atoms with Crippen LogP contribution in [-0.4, -0.2) is 25.3 Å². The Morgan fingerprint density at radius 3 is 2.72 bits per heavy atom. The first kappa shape index (κ1) is 13.6. The van der Waals surface area contributed by atoms with E-state index in [0.29, 0.717) is 18.1 Å². The Hall–Kier alpha value is -0.860. The molecule has 1 heterocycles. The lowest BCUT2D eigenvalue weighted by molar-refractivity contribution is 0.0561. The van der Waals surface area contributed by atoms with E-state index in [2.05, 4.69) is 49.5 Å². The van der Waals surface area contributed by atoms with Crippen LogP contribution < -0.4 is 5.32 Å². The fraction of sp³-hybridized carbons (Fsp3) is 0.625. The summed E-state index contributed by atoms with van der Waals surface area (Å²) in [4.78, 5) is 0. The van der Waals surface area contributed by atoms with Gasteiger partial charge in [-0.3, -0.25) is 0 Å². The van der Waals surface area contributed by atoms with Gasteiger partial charge in [-0.25, -0.2) is 0 Å². The quantitative estimate of drug-likeness (QED) is 0.778. The van der Waals surface area contributed by atoms with Crippen LogP contribution in [0, 0.1) is 0 Å². The third kappa shape index (κ3) is 4.11. The molecule has 2 nitrogen and oxygen atoms in total. The number of rotatable bonds is 6. The molecule has 1 saturated heterocycles. The molecule has 18 heavy (non-hydrogen) atoms. The maximum absolute atomic E-state index is 5.79. The summed E-state index contributed by atoms with van der Waals surface area (Å²) < 4.78 is 5.79. The Morgan fingerprint density at radius 2 is 2.06 bits per heavy atom. The second-order valence-electron chi connectivity index (χ2n) is 5.45. The summed E-state index contributed by atoms with van der Waals surface area (Å²) in [6.45, 7) is 6.54. The molecule has 2 heteroatoms. The number of ether oxygens (including phenoxy) is 1. The fourth-order valence-electron chi connectivity index (χ4n) is 2.57. The van der Waals surface area contributed by atoms with Crippen molar-refractivity contribution in [3.8, 4) is 0 Å². The maximum atomic E-state index is 5.79. The predicted octanol–water partition coefficient (Wildman–Crippen LogP) is 3.34. The SMILES string of the molecule is CC1CCC(CNCCC(C)c2ccccc2)O1. The third-order valence-electron chi connectivity index (χ3n) is 3.81. The summed E-state index contributed by atoms with van der Waals surface area (Å²) in [6, 6.07) is 10.7. The topological polar surface area (TPSA) is 21.3 Å². The Morgan fingerprint density at radius 1 is 1.28 bits per heavy atom. The van der Waals surface area contributed by atoms with Crippen molar-refractivity contribution in [3.05, 3.63) is 35.9 Å². The fourth-order valence-corrected chi connectivity index (χ4v) is 2.57. The maximum Gasteiger partial charge on any atom is 0.0704 e. The lowest BCUT2D eigenvalue weighted by Gasteiger charge is -2.15. The van der Waals surface area contributed by atoms with Crippen LogP contribution in [0.4, 0.5) is 0 Å². The van der Waals surface area contributed by atoms with Gasteiger partial charge >= 0.3 is 0 Å². The standard InChI is InChI=1S/C16H25NO/c1-13(15-6-4-3-5-7-15)10-11-17-12-16-9-8-14(2)18-16/h3-7,13-14,16-17H,8-12H2,1-2H3. The molecule has 0 saturated carbocycles. The molecule has 3 atom stereocenters. The molecule has 0 amide bonds. The minimum absolute atomic E-state index is 0.437. The van der Waals surface area contributed by atoms with Gasteiger partial charge in [0.15, 0.2) is 0 Å². The van der Waals surface area contributed by atoms with Gasteiger partial charge in [-0.15, -0.1) is 0 Å². The van der Waals surface area contributed by atoms with Gasteiger partial charge in [-0.2, -0.15) is 0 Å². The monoisotopic (exact) mass is 247 g/mol. The van der Waals surface area contributed by atoms with E-state index in [1.807, 2.05) is 0 Å². The van der Waals surface area contributed by atoms with Crippen LogP contribution in [0.3, 0.4) is 0 Å². The molecule has 0 aliphatic carbocycles. The minimum Gasteiger partial charge on any atom is -0.374 e. The smallest absolute Gasteiger partial charge is 0.0704 e. The lowest BCUT2D eigenvalue weighted by atomic mass is 9.98. The van der Waals surface area contributed by atoms with Crippen molar-refractivity contribution >= 4 is 0 Å². The van der Waals surface area contributed by atoms with Crippen molar-refractivity contribution < 1.29 is 4.74 Å². The van der Waals surface area contributed by atoms with Gasteiger partial charge in [0.1, 0.15) is 0 Å². The van der Waals surface area contributed by atoms with E-state index in [1.165, 1.54) is 24.8 Å². The van der Waals surface area contributed by atoms with E-state index in [-0.39, 0.29) is 0 Å². The molecule has 2 rings (SSSR count). The van der Waals surface area contributed by atoms with Crippen LogP contribution in [-0.2, 0) is 4.74 Å². The summed E-state index contributed by atoms with van der Waals surface area (Å²) in [5.74, 6) is 0.627. The molecule has 1 fully saturated rings. The van der Waals surface area contributed by atoms with Crippen molar-refractivity contribution in [3.63, 3.8) is 0 Å². The zero-order valence-electron chi connectivity index (χ0n) is 11.6. The average Bonchev–Trinajstić information content (AvgIpc) is 2.81. The zero-order chi connectivity index (χ0) is 12.8. The van der Waals surface area contributed by atoms with Crippen LogP contribution in [0.1, 0.15) is 44.6 Å². The van der Waals surface area contributed by atoms with E-state index < -0.39 is 0 Å². The first-order valence-electron chi connectivity index (χ1n) is 7.17. The Balaban J connectivity index is 1.61. The highest BCUT2D eigenvalue weighted by Gasteiger charge is 2.20. The Labute approximate surface area is 111 Å². The second kappa shape index (κ2) is 6.91. The van der Waals surface area contributed by atoms with Crippen LogP contribution in [0.2, 0.25) is 0 Å². The summed E-state index contributed by atoms with van der Waals surface area (Å²) >= 11 is 0. The molecule has 0 aromatic heterocycles. The predicted molar refractivity (Wildman–Crippen MR) is 75.9 cm³/mol. The first-order chi connectivity index (χ1) is 8.75. The molecular weight excluding hydrogens is 222 g/mol. The largest absolute Gasteiger partial charge is 0.374 e. The highest BCUT2D eigenvalue weighted by molar-refractivity contribution is 5.18. The lowest BCUT2D eigenvalue weighted by Crippen LogP contribution is -2.28. The van der Waals surface area contributed by atoms with Crippen molar-refractivity contribution in [2.45, 2.75) is 51.2 Å². The normalized spacial score (nSPS) is 25.2. The Bertz CT molecular complexity index is 338. The van der Waals surface area contributed by atoms with Crippen molar-refractivity contribution in [2.75, 3.05) is 13.1 Å².